The maximum Gasteiger partial charge on any atom is 0.301 e. The van der Waals surface area contributed by atoms with Gasteiger partial charge in [-0.25, -0.2) is 4.98 Å². The summed E-state index contributed by atoms with van der Waals surface area (Å²) in [5.74, 6) is -1.48. The first-order valence-electron chi connectivity index (χ1n) is 12.6. The summed E-state index contributed by atoms with van der Waals surface area (Å²) in [6, 6.07) is 15.3. The number of aliphatic hydroxyl groups is 1. The molecular weight excluding hydrogens is 681 g/mol. The lowest BCUT2D eigenvalue weighted by Crippen LogP contribution is -2.29. The highest BCUT2D eigenvalue weighted by Gasteiger charge is 2.48. The zero-order valence-electron chi connectivity index (χ0n) is 22.0. The molecule has 1 amide bonds. The second-order valence-electron chi connectivity index (χ2n) is 9.53. The van der Waals surface area contributed by atoms with E-state index in [-0.39, 0.29) is 22.2 Å². The number of aryl methyl sites for hydroxylation is 2. The lowest BCUT2D eigenvalue weighted by Gasteiger charge is -2.22. The van der Waals surface area contributed by atoms with Gasteiger partial charge in [0.2, 0.25) is 5.13 Å². The minimum absolute atomic E-state index is 0.0659. The third kappa shape index (κ3) is 5.13. The fourth-order valence-corrected chi connectivity index (χ4v) is 7.49. The lowest BCUT2D eigenvalue weighted by molar-refractivity contribution is -0.132. The van der Waals surface area contributed by atoms with E-state index < -0.39 is 17.7 Å². The number of carbonyl (C=O) groups is 2. The van der Waals surface area contributed by atoms with Gasteiger partial charge in [-0.2, -0.15) is 0 Å². The molecule has 0 radical (unpaired) electrons. The molecule has 1 aliphatic rings. The van der Waals surface area contributed by atoms with Crippen LogP contribution < -0.4 is 4.90 Å². The number of anilines is 1. The van der Waals surface area contributed by atoms with E-state index in [0.29, 0.717) is 37.0 Å². The molecule has 0 spiro atoms. The van der Waals surface area contributed by atoms with Crippen LogP contribution in [0.3, 0.4) is 0 Å². The Morgan fingerprint density at radius 1 is 1.10 bits per heavy atom. The number of amides is 1. The average Bonchev–Trinajstić information content (AvgIpc) is 3.64. The molecule has 0 bridgehead atoms. The second kappa shape index (κ2) is 11.5. The number of ketones is 1. The van der Waals surface area contributed by atoms with Crippen molar-refractivity contribution < 1.29 is 14.7 Å². The number of pyridine rings is 1. The molecule has 42 heavy (non-hydrogen) atoms. The van der Waals surface area contributed by atoms with Crippen molar-refractivity contribution in [2.75, 3.05) is 4.90 Å². The Labute approximate surface area is 267 Å². The van der Waals surface area contributed by atoms with Gasteiger partial charge in [0, 0.05) is 26.5 Å². The van der Waals surface area contributed by atoms with Gasteiger partial charge in [0.1, 0.15) is 11.3 Å². The summed E-state index contributed by atoms with van der Waals surface area (Å²) in [4.78, 5) is 33.1. The minimum Gasteiger partial charge on any atom is -0.505 e. The van der Waals surface area contributed by atoms with Crippen molar-refractivity contribution in [2.24, 2.45) is 0 Å². The number of hydrogen-bond acceptors (Lipinski definition) is 8. The van der Waals surface area contributed by atoms with E-state index in [1.165, 1.54) is 28.0 Å². The van der Waals surface area contributed by atoms with Crippen molar-refractivity contribution in [1.82, 2.24) is 19.6 Å². The highest BCUT2D eigenvalue weighted by atomic mass is 79.9. The van der Waals surface area contributed by atoms with E-state index in [9.17, 15) is 14.7 Å². The van der Waals surface area contributed by atoms with Crippen LogP contribution in [0.25, 0.3) is 11.4 Å². The van der Waals surface area contributed by atoms with Crippen LogP contribution in [0, 0.1) is 13.8 Å². The molecule has 1 atom stereocenters. The van der Waals surface area contributed by atoms with Crippen molar-refractivity contribution in [3.05, 3.63) is 109 Å². The second-order valence-corrected chi connectivity index (χ2v) is 13.5. The van der Waals surface area contributed by atoms with Gasteiger partial charge in [-0.05, 0) is 60.9 Å². The molecule has 212 valence electrons. The quantitative estimate of drug-likeness (QED) is 0.0635. The van der Waals surface area contributed by atoms with Gasteiger partial charge in [-0.1, -0.05) is 86.5 Å². The Balaban J connectivity index is 1.42. The number of fused-ring (bicyclic) bond motifs is 1. The Hall–Kier alpha value is -3.22. The minimum atomic E-state index is -0.945. The monoisotopic (exact) mass is 699 g/mol. The Morgan fingerprint density at radius 2 is 1.86 bits per heavy atom. The number of carbonyl (C=O) groups excluding carboxylic acids is 2. The number of halogens is 3. The molecule has 1 saturated heterocycles. The summed E-state index contributed by atoms with van der Waals surface area (Å²) in [6.45, 7) is 3.72. The topological polar surface area (TPSA) is 101 Å². The zero-order chi connectivity index (χ0) is 29.7. The molecule has 0 saturated carbocycles. The molecule has 0 aliphatic carbocycles. The summed E-state index contributed by atoms with van der Waals surface area (Å²) < 4.78 is 3.25. The van der Waals surface area contributed by atoms with Crippen LogP contribution in [0.2, 0.25) is 10.0 Å². The summed E-state index contributed by atoms with van der Waals surface area (Å²) in [7, 11) is 0. The third-order valence-electron chi connectivity index (χ3n) is 6.91. The number of aromatic nitrogens is 4. The third-order valence-corrected chi connectivity index (χ3v) is 10.1. The number of rotatable bonds is 6. The van der Waals surface area contributed by atoms with E-state index in [1.807, 2.05) is 47.9 Å². The molecule has 8 nitrogen and oxygen atoms in total. The molecule has 5 aromatic rings. The van der Waals surface area contributed by atoms with Crippen molar-refractivity contribution >= 4 is 90.5 Å². The molecular formula is C29H20BrCl2N5O3S2. The first-order valence-corrected chi connectivity index (χ1v) is 15.9. The number of imidazole rings is 1. The van der Waals surface area contributed by atoms with Gasteiger partial charge < -0.3 is 9.51 Å². The molecule has 4 heterocycles. The number of thioether (sulfide) groups is 1. The van der Waals surface area contributed by atoms with Crippen molar-refractivity contribution in [3.63, 3.8) is 0 Å². The summed E-state index contributed by atoms with van der Waals surface area (Å²) in [5, 5.41) is 21.5. The van der Waals surface area contributed by atoms with Gasteiger partial charge in [0.15, 0.2) is 10.1 Å². The van der Waals surface area contributed by atoms with Crippen LogP contribution in [0.1, 0.15) is 34.1 Å². The predicted molar refractivity (Wildman–Crippen MR) is 170 cm³/mol. The number of aliphatic hydroxyl groups excluding tert-OH is 1. The zero-order valence-corrected chi connectivity index (χ0v) is 26.7. The van der Waals surface area contributed by atoms with Crippen molar-refractivity contribution in [3.8, 4) is 0 Å². The summed E-state index contributed by atoms with van der Waals surface area (Å²) in [6.07, 6.45) is 1.84. The first kappa shape index (κ1) is 28.9. The first-order chi connectivity index (χ1) is 20.1. The molecule has 1 N–H and O–H groups in total. The molecule has 3 aromatic heterocycles. The van der Waals surface area contributed by atoms with Crippen LogP contribution in [-0.4, -0.2) is 36.4 Å². The number of benzene rings is 2. The molecule has 1 aliphatic heterocycles. The Kier molecular flexibility index (Phi) is 7.88. The molecule has 6 rings (SSSR count). The smallest absolute Gasteiger partial charge is 0.301 e. The number of Topliss-reactive ketones (excluding diaryl/α,β-unsaturated/α-hetero) is 1. The normalized spacial score (nSPS) is 16.6. The van der Waals surface area contributed by atoms with Crippen LogP contribution in [0.5, 0.6) is 0 Å². The molecule has 1 unspecified atom stereocenters. The Bertz CT molecular complexity index is 1920. The maximum atomic E-state index is 13.6. The number of nitrogens with zero attached hydrogens (tertiary/aromatic N) is 5. The lowest BCUT2D eigenvalue weighted by atomic mass is 9.96. The van der Waals surface area contributed by atoms with Crippen LogP contribution >= 0.6 is 62.2 Å². The van der Waals surface area contributed by atoms with Crippen LogP contribution in [-0.2, 0) is 15.3 Å². The van der Waals surface area contributed by atoms with Crippen molar-refractivity contribution in [1.29, 1.82) is 0 Å². The molecule has 2 aromatic carbocycles. The summed E-state index contributed by atoms with van der Waals surface area (Å²) in [5.41, 5.74) is 3.86. The fraction of sp³-hybridized carbons (Fsp3) is 0.138. The SMILES string of the molecule is Cc1cccn2c(C)c(C(O)=C3C(=O)C(=O)N(c4nnc(SCc5ccc(Cl)cc5Cl)s4)C3c3ccc(Br)cc3)nc12. The van der Waals surface area contributed by atoms with Gasteiger partial charge >= 0.3 is 5.91 Å². The van der Waals surface area contributed by atoms with E-state index in [1.54, 1.807) is 31.2 Å². The Morgan fingerprint density at radius 3 is 2.57 bits per heavy atom. The predicted octanol–water partition coefficient (Wildman–Crippen LogP) is 7.79. The van der Waals surface area contributed by atoms with E-state index >= 15 is 0 Å². The van der Waals surface area contributed by atoms with Crippen molar-refractivity contribution in [2.45, 2.75) is 30.0 Å². The van der Waals surface area contributed by atoms with E-state index in [4.69, 9.17) is 23.2 Å². The average molecular weight is 701 g/mol. The van der Waals surface area contributed by atoms with Gasteiger partial charge in [-0.15, -0.1) is 10.2 Å². The standard InChI is InChI=1S/C29H20BrCl2N5O3S2/c1-14-4-3-11-36-15(2)22(33-26(14)36)24(38)21-23(16-5-8-18(30)9-6-16)37(27(40)25(21)39)28-34-35-29(42-28)41-13-17-7-10-19(31)12-20(17)32/h3-12,23,38H,13H2,1-2H3. The summed E-state index contributed by atoms with van der Waals surface area (Å²) >= 11 is 18.3. The molecule has 1 fully saturated rings. The largest absolute Gasteiger partial charge is 0.505 e. The molecule has 13 heteroatoms. The van der Waals surface area contributed by atoms with E-state index in [0.717, 1.165) is 15.6 Å². The van der Waals surface area contributed by atoms with Gasteiger partial charge in [-0.3, -0.25) is 14.5 Å². The fourth-order valence-electron chi connectivity index (χ4n) is 4.80. The van der Waals surface area contributed by atoms with Gasteiger partial charge in [0.25, 0.3) is 5.78 Å². The van der Waals surface area contributed by atoms with Crippen LogP contribution in [0.4, 0.5) is 5.13 Å². The van der Waals surface area contributed by atoms with E-state index in [2.05, 4.69) is 31.1 Å². The van der Waals surface area contributed by atoms with Gasteiger partial charge in [0.05, 0.1) is 17.3 Å². The maximum absolute atomic E-state index is 13.6. The van der Waals surface area contributed by atoms with Crippen LogP contribution in [0.15, 0.2) is 75.2 Å². The highest BCUT2D eigenvalue weighted by molar-refractivity contribution is 9.10. The number of hydrogen-bond donors (Lipinski definition) is 1. The highest BCUT2D eigenvalue weighted by Crippen LogP contribution is 2.44.